The van der Waals surface area contributed by atoms with Crippen LogP contribution in [0.15, 0.2) is 60.7 Å². The van der Waals surface area contributed by atoms with Gasteiger partial charge in [-0.3, -0.25) is 0 Å². The van der Waals surface area contributed by atoms with Gasteiger partial charge >= 0.3 is 0 Å². The Morgan fingerprint density at radius 1 is 0.892 bits per heavy atom. The number of hydrogen-bond acceptors (Lipinski definition) is 5. The van der Waals surface area contributed by atoms with Crippen molar-refractivity contribution >= 4 is 5.69 Å². The molecule has 5 nitrogen and oxygen atoms in total. The average Bonchev–Trinajstić information content (AvgIpc) is 2.94. The Kier molecular flexibility index (Phi) is 7.68. The first kappa shape index (κ1) is 25.6. The smallest absolute Gasteiger partial charge is 0.159 e. The number of rotatable bonds is 7. The molecule has 0 spiro atoms. The minimum Gasteiger partial charge on any atom is -0.508 e. The molecule has 3 aromatic carbocycles. The molecule has 0 saturated carbocycles. The molecule has 0 radical (unpaired) electrons. The molecule has 2 aliphatic rings. The van der Waals surface area contributed by atoms with Crippen LogP contribution in [0.1, 0.15) is 53.4 Å². The van der Waals surface area contributed by atoms with Gasteiger partial charge in [0.1, 0.15) is 17.3 Å². The number of hydrogen-bond donors (Lipinski definition) is 1. The van der Waals surface area contributed by atoms with E-state index < -0.39 is 0 Å². The predicted octanol–water partition coefficient (Wildman–Crippen LogP) is 6.24. The zero-order chi connectivity index (χ0) is 25.9. The van der Waals surface area contributed by atoms with Crippen molar-refractivity contribution in [1.82, 2.24) is 0 Å². The third-order valence-corrected chi connectivity index (χ3v) is 8.18. The van der Waals surface area contributed by atoms with Gasteiger partial charge in [0.15, 0.2) is 6.29 Å². The fourth-order valence-electron chi connectivity index (χ4n) is 6.36. The Morgan fingerprint density at radius 2 is 1.62 bits per heavy atom. The first-order chi connectivity index (χ1) is 18.0. The number of phenols is 1. The maximum absolute atomic E-state index is 15.9. The average molecular weight is 506 g/mol. The summed E-state index contributed by atoms with van der Waals surface area (Å²) in [4.78, 5) is 2.10. The summed E-state index contributed by atoms with van der Waals surface area (Å²) in [7, 11) is 4.99. The molecule has 5 rings (SSSR count). The van der Waals surface area contributed by atoms with E-state index in [4.69, 9.17) is 14.2 Å². The highest BCUT2D eigenvalue weighted by molar-refractivity contribution is 5.59. The molecule has 0 aromatic heterocycles. The summed E-state index contributed by atoms with van der Waals surface area (Å²) in [6.07, 6.45) is 3.27. The quantitative estimate of drug-likeness (QED) is 0.386. The van der Waals surface area contributed by atoms with Gasteiger partial charge in [-0.2, -0.15) is 0 Å². The highest BCUT2D eigenvalue weighted by atomic mass is 19.1. The molecule has 2 atom stereocenters. The summed E-state index contributed by atoms with van der Waals surface area (Å²) in [6, 6.07) is 19.5. The van der Waals surface area contributed by atoms with E-state index >= 15 is 4.39 Å². The normalized spacial score (nSPS) is 20.2. The molecule has 0 unspecified atom stereocenters. The number of aryl methyl sites for hydroxylation is 1. The molecule has 1 aliphatic carbocycles. The van der Waals surface area contributed by atoms with Crippen molar-refractivity contribution < 1.29 is 23.7 Å². The third-order valence-electron chi connectivity index (χ3n) is 8.18. The van der Waals surface area contributed by atoms with Crippen molar-refractivity contribution in [1.29, 1.82) is 0 Å². The zero-order valence-electron chi connectivity index (χ0n) is 21.8. The van der Waals surface area contributed by atoms with Gasteiger partial charge in [-0.1, -0.05) is 36.4 Å². The van der Waals surface area contributed by atoms with E-state index in [1.54, 1.807) is 33.5 Å². The van der Waals surface area contributed by atoms with Gasteiger partial charge in [0, 0.05) is 50.8 Å². The van der Waals surface area contributed by atoms with Crippen molar-refractivity contribution in [3.63, 3.8) is 0 Å². The number of piperidine rings is 1. The Bertz CT molecular complexity index is 1210. The number of aromatic hydroxyl groups is 1. The number of anilines is 1. The number of fused-ring (bicyclic) bond motifs is 1. The van der Waals surface area contributed by atoms with E-state index in [9.17, 15) is 5.11 Å². The van der Waals surface area contributed by atoms with E-state index in [0.717, 1.165) is 55.5 Å². The predicted molar refractivity (Wildman–Crippen MR) is 143 cm³/mol. The molecule has 3 aromatic rings. The van der Waals surface area contributed by atoms with Crippen molar-refractivity contribution in [3.8, 4) is 11.5 Å². The van der Waals surface area contributed by atoms with Crippen molar-refractivity contribution in [3.05, 3.63) is 88.7 Å². The van der Waals surface area contributed by atoms with E-state index in [2.05, 4.69) is 29.2 Å². The lowest BCUT2D eigenvalue weighted by atomic mass is 9.69. The lowest BCUT2D eigenvalue weighted by molar-refractivity contribution is -0.141. The van der Waals surface area contributed by atoms with Crippen LogP contribution < -0.4 is 9.64 Å². The summed E-state index contributed by atoms with van der Waals surface area (Å²) < 4.78 is 32.7. The van der Waals surface area contributed by atoms with Gasteiger partial charge in [-0.05, 0) is 66.5 Å². The van der Waals surface area contributed by atoms with Crippen LogP contribution >= 0.6 is 0 Å². The molecule has 1 fully saturated rings. The molecule has 1 saturated heterocycles. The van der Waals surface area contributed by atoms with Crippen LogP contribution in [0.2, 0.25) is 0 Å². The molecule has 1 N–H and O–H groups in total. The van der Waals surface area contributed by atoms with E-state index in [1.807, 2.05) is 24.3 Å². The second-order valence-electron chi connectivity index (χ2n) is 10.1. The monoisotopic (exact) mass is 505 g/mol. The second-order valence-corrected chi connectivity index (χ2v) is 10.1. The zero-order valence-corrected chi connectivity index (χ0v) is 21.8. The first-order valence-electron chi connectivity index (χ1n) is 13.1. The molecular formula is C31H36FNO4. The summed E-state index contributed by atoms with van der Waals surface area (Å²) in [5.74, 6) is 1.10. The number of halogens is 1. The molecule has 196 valence electrons. The molecule has 1 heterocycles. The highest BCUT2D eigenvalue weighted by Gasteiger charge is 2.35. The number of benzene rings is 3. The van der Waals surface area contributed by atoms with E-state index in [-0.39, 0.29) is 35.6 Å². The molecular weight excluding hydrogens is 469 g/mol. The van der Waals surface area contributed by atoms with Gasteiger partial charge in [-0.15, -0.1) is 0 Å². The van der Waals surface area contributed by atoms with Crippen LogP contribution in [0.5, 0.6) is 11.5 Å². The second kappa shape index (κ2) is 11.1. The van der Waals surface area contributed by atoms with Gasteiger partial charge in [0.05, 0.1) is 12.8 Å². The number of nitrogens with zero attached hydrogens (tertiary/aromatic N) is 1. The summed E-state index contributed by atoms with van der Waals surface area (Å²) >= 11 is 0. The van der Waals surface area contributed by atoms with Crippen LogP contribution in [0.4, 0.5) is 10.1 Å². The van der Waals surface area contributed by atoms with Crippen LogP contribution in [-0.4, -0.2) is 45.8 Å². The molecule has 0 amide bonds. The molecule has 37 heavy (non-hydrogen) atoms. The largest absolute Gasteiger partial charge is 0.508 e. The minimum atomic E-state index is -0.234. The molecule has 6 heteroatoms. The van der Waals surface area contributed by atoms with E-state index in [1.165, 1.54) is 5.56 Å². The van der Waals surface area contributed by atoms with Crippen LogP contribution in [0, 0.1) is 11.7 Å². The maximum Gasteiger partial charge on any atom is 0.159 e. The maximum atomic E-state index is 15.9. The Morgan fingerprint density at radius 3 is 2.30 bits per heavy atom. The van der Waals surface area contributed by atoms with Crippen LogP contribution in [-0.2, 0) is 15.9 Å². The van der Waals surface area contributed by atoms with Crippen molar-refractivity contribution in [2.75, 3.05) is 39.3 Å². The lowest BCUT2D eigenvalue weighted by Gasteiger charge is -2.38. The number of methoxy groups -OCH3 is 3. The number of phenolic OH excluding ortho intramolecular Hbond substituents is 1. The number of ether oxygens (including phenoxy) is 3. The van der Waals surface area contributed by atoms with Gasteiger partial charge in [-0.25, -0.2) is 4.39 Å². The van der Waals surface area contributed by atoms with Gasteiger partial charge < -0.3 is 24.2 Å². The van der Waals surface area contributed by atoms with Gasteiger partial charge in [0.2, 0.25) is 0 Å². The summed E-state index contributed by atoms with van der Waals surface area (Å²) in [6.45, 7) is 1.46. The Balaban J connectivity index is 1.52. The van der Waals surface area contributed by atoms with Crippen LogP contribution in [0.25, 0.3) is 0 Å². The lowest BCUT2D eigenvalue weighted by Crippen LogP contribution is -2.39. The topological polar surface area (TPSA) is 51.2 Å². The third kappa shape index (κ3) is 5.05. The summed E-state index contributed by atoms with van der Waals surface area (Å²) in [5.41, 5.74) is 4.87. The first-order valence-corrected chi connectivity index (χ1v) is 13.1. The Hall–Kier alpha value is -3.09. The fraction of sp³-hybridized carbons (Fsp3) is 0.419. The molecule has 0 bridgehead atoms. The molecule has 1 aliphatic heterocycles. The standard InChI is InChI=1S/C31H36FNO4/c1-35-29-19-28(33-15-13-21(14-16-33)31(36-2)37-3)27(32)18-26(29)30-24(20-7-5-4-6-8-20)11-9-22-17-23(34)10-12-25(22)30/h4-8,10,12,17-19,21,24,30-31,34H,9,11,13-16H2,1-3H3/t24-,30+/m0/s1. The summed E-state index contributed by atoms with van der Waals surface area (Å²) in [5, 5.41) is 10.1. The van der Waals surface area contributed by atoms with Gasteiger partial charge in [0.25, 0.3) is 0 Å². The minimum absolute atomic E-state index is 0.0832. The van der Waals surface area contributed by atoms with Crippen molar-refractivity contribution in [2.45, 2.75) is 43.8 Å². The SMILES string of the molecule is COc1cc(N2CCC(C(OC)OC)CC2)c(F)cc1[C@H]1c2ccc(O)cc2CC[C@H]1c1ccccc1. The van der Waals surface area contributed by atoms with Crippen LogP contribution in [0.3, 0.4) is 0 Å². The fourth-order valence-corrected chi connectivity index (χ4v) is 6.36. The highest BCUT2D eigenvalue weighted by Crippen LogP contribution is 2.50. The van der Waals surface area contributed by atoms with Crippen molar-refractivity contribution in [2.24, 2.45) is 5.92 Å². The van der Waals surface area contributed by atoms with E-state index in [0.29, 0.717) is 11.4 Å². The Labute approximate surface area is 218 Å².